The van der Waals surface area contributed by atoms with Crippen LogP contribution in [0.2, 0.25) is 0 Å². The van der Waals surface area contributed by atoms with E-state index in [0.717, 1.165) is 23.2 Å². The minimum absolute atomic E-state index is 0.0410. The van der Waals surface area contributed by atoms with Crippen LogP contribution >= 0.6 is 0 Å². The highest BCUT2D eigenvalue weighted by Gasteiger charge is 2.24. The molecule has 2 heterocycles. The molecule has 1 aliphatic heterocycles. The average molecular weight is 568 g/mol. The van der Waals surface area contributed by atoms with Gasteiger partial charge < -0.3 is 25.6 Å². The van der Waals surface area contributed by atoms with Crippen molar-refractivity contribution >= 4 is 40.9 Å². The van der Waals surface area contributed by atoms with Crippen LogP contribution in [0.15, 0.2) is 83.4 Å². The lowest BCUT2D eigenvalue weighted by atomic mass is 10.0. The van der Waals surface area contributed by atoms with Crippen LogP contribution in [0.25, 0.3) is 0 Å². The number of anilines is 3. The summed E-state index contributed by atoms with van der Waals surface area (Å²) in [6.07, 6.45) is 0.532. The van der Waals surface area contributed by atoms with Gasteiger partial charge in [-0.1, -0.05) is 47.6 Å². The van der Waals surface area contributed by atoms with Gasteiger partial charge in [-0.3, -0.25) is 19.3 Å². The van der Waals surface area contributed by atoms with Crippen LogP contribution in [-0.4, -0.2) is 40.6 Å². The van der Waals surface area contributed by atoms with E-state index < -0.39 is 17.9 Å². The van der Waals surface area contributed by atoms with Crippen molar-refractivity contribution in [1.29, 1.82) is 0 Å². The van der Waals surface area contributed by atoms with Gasteiger partial charge in [0.05, 0.1) is 18.9 Å². The third kappa shape index (κ3) is 6.81. The SMILES string of the molecule is Cc1cc(C(=O)NC(CC(=O)O)c2cccc(NC(=O)Cc3ccc(NC(=O)N4CCc5ccccc54)cc3)c2)no1. The molecule has 42 heavy (non-hydrogen) atoms. The molecule has 214 valence electrons. The van der Waals surface area contributed by atoms with Crippen molar-refractivity contribution in [3.05, 3.63) is 107 Å². The molecule has 1 atom stereocenters. The molecular weight excluding hydrogens is 538 g/mol. The summed E-state index contributed by atoms with van der Waals surface area (Å²) >= 11 is 0. The number of aliphatic carboxylic acids is 1. The number of nitrogens with zero attached hydrogens (tertiary/aromatic N) is 2. The van der Waals surface area contributed by atoms with E-state index in [2.05, 4.69) is 21.1 Å². The van der Waals surface area contributed by atoms with Crippen LogP contribution in [0.4, 0.5) is 21.9 Å². The number of fused-ring (bicyclic) bond motifs is 1. The second-order valence-corrected chi connectivity index (χ2v) is 9.95. The maximum Gasteiger partial charge on any atom is 0.326 e. The summed E-state index contributed by atoms with van der Waals surface area (Å²) in [4.78, 5) is 51.4. The fourth-order valence-corrected chi connectivity index (χ4v) is 4.80. The molecule has 0 saturated heterocycles. The summed E-state index contributed by atoms with van der Waals surface area (Å²) in [6, 6.07) is 21.9. The molecule has 4 N–H and O–H groups in total. The number of rotatable bonds is 9. The second kappa shape index (κ2) is 12.4. The zero-order chi connectivity index (χ0) is 29.6. The van der Waals surface area contributed by atoms with Gasteiger partial charge in [-0.05, 0) is 60.4 Å². The maximum atomic E-state index is 12.8. The van der Waals surface area contributed by atoms with Crippen LogP contribution in [0.1, 0.15) is 45.4 Å². The fourth-order valence-electron chi connectivity index (χ4n) is 4.80. The van der Waals surface area contributed by atoms with Crippen LogP contribution in [0.5, 0.6) is 0 Å². The van der Waals surface area contributed by atoms with Crippen molar-refractivity contribution in [2.45, 2.75) is 32.2 Å². The Morgan fingerprint density at radius 1 is 0.952 bits per heavy atom. The number of nitrogens with one attached hydrogen (secondary N) is 3. The van der Waals surface area contributed by atoms with E-state index in [1.165, 1.54) is 6.07 Å². The number of benzene rings is 3. The van der Waals surface area contributed by atoms with Gasteiger partial charge in [0.15, 0.2) is 5.69 Å². The van der Waals surface area contributed by atoms with Gasteiger partial charge in [0.2, 0.25) is 5.91 Å². The Balaban J connectivity index is 1.18. The number of amides is 4. The Labute approximate surface area is 241 Å². The number of carboxylic acids is 1. The van der Waals surface area contributed by atoms with E-state index in [0.29, 0.717) is 29.2 Å². The summed E-state index contributed by atoms with van der Waals surface area (Å²) < 4.78 is 4.93. The van der Waals surface area contributed by atoms with E-state index in [4.69, 9.17) is 4.52 Å². The Kier molecular flexibility index (Phi) is 8.28. The molecule has 1 aromatic heterocycles. The predicted molar refractivity (Wildman–Crippen MR) is 155 cm³/mol. The first-order chi connectivity index (χ1) is 20.2. The average Bonchev–Trinajstić information content (AvgIpc) is 3.60. The van der Waals surface area contributed by atoms with E-state index >= 15 is 0 Å². The number of hydrogen-bond acceptors (Lipinski definition) is 6. The van der Waals surface area contributed by atoms with Crippen molar-refractivity contribution in [2.24, 2.45) is 0 Å². The van der Waals surface area contributed by atoms with Gasteiger partial charge in [0, 0.05) is 29.7 Å². The minimum Gasteiger partial charge on any atom is -0.481 e. The third-order valence-corrected chi connectivity index (χ3v) is 6.82. The summed E-state index contributed by atoms with van der Waals surface area (Å²) in [5.74, 6) is -1.50. The van der Waals surface area contributed by atoms with Gasteiger partial charge in [-0.2, -0.15) is 0 Å². The molecular formula is C31H29N5O6. The predicted octanol–water partition coefficient (Wildman–Crippen LogP) is 4.70. The lowest BCUT2D eigenvalue weighted by Crippen LogP contribution is -2.33. The number of carbonyl (C=O) groups excluding carboxylic acids is 3. The van der Waals surface area contributed by atoms with Gasteiger partial charge in [0.25, 0.3) is 5.91 Å². The first-order valence-electron chi connectivity index (χ1n) is 13.4. The van der Waals surface area contributed by atoms with Gasteiger partial charge in [0.1, 0.15) is 5.76 Å². The Morgan fingerprint density at radius 2 is 1.74 bits per heavy atom. The topological polar surface area (TPSA) is 154 Å². The maximum absolute atomic E-state index is 12.8. The molecule has 1 aliphatic rings. The molecule has 0 saturated carbocycles. The number of aromatic nitrogens is 1. The Morgan fingerprint density at radius 3 is 2.48 bits per heavy atom. The first kappa shape index (κ1) is 28.1. The molecule has 1 unspecified atom stereocenters. The summed E-state index contributed by atoms with van der Waals surface area (Å²) in [5, 5.41) is 21.5. The number of aryl methyl sites for hydroxylation is 1. The van der Waals surface area contributed by atoms with Gasteiger partial charge in [-0.15, -0.1) is 0 Å². The molecule has 11 heteroatoms. The molecule has 11 nitrogen and oxygen atoms in total. The second-order valence-electron chi connectivity index (χ2n) is 9.95. The number of hydrogen-bond donors (Lipinski definition) is 4. The number of urea groups is 1. The lowest BCUT2D eigenvalue weighted by molar-refractivity contribution is -0.137. The van der Waals surface area contributed by atoms with E-state index in [-0.39, 0.29) is 30.5 Å². The van der Waals surface area contributed by atoms with Crippen molar-refractivity contribution in [3.63, 3.8) is 0 Å². The van der Waals surface area contributed by atoms with Crippen molar-refractivity contribution in [3.8, 4) is 0 Å². The van der Waals surface area contributed by atoms with Crippen LogP contribution < -0.4 is 20.9 Å². The third-order valence-electron chi connectivity index (χ3n) is 6.82. The summed E-state index contributed by atoms with van der Waals surface area (Å²) in [6.45, 7) is 2.26. The van der Waals surface area contributed by atoms with E-state index in [1.807, 2.05) is 24.3 Å². The Bertz CT molecular complexity index is 1630. The van der Waals surface area contributed by atoms with Gasteiger partial charge in [-0.25, -0.2) is 4.79 Å². The zero-order valence-electron chi connectivity index (χ0n) is 22.8. The Hall–Kier alpha value is -5.45. The molecule has 0 fully saturated rings. The van der Waals surface area contributed by atoms with E-state index in [9.17, 15) is 24.3 Å². The summed E-state index contributed by atoms with van der Waals surface area (Å²) in [7, 11) is 0. The van der Waals surface area contributed by atoms with Crippen molar-refractivity contribution in [2.75, 3.05) is 22.1 Å². The molecule has 3 aromatic carbocycles. The monoisotopic (exact) mass is 567 g/mol. The molecule has 4 aromatic rings. The molecule has 0 bridgehead atoms. The molecule has 4 amide bonds. The molecule has 0 spiro atoms. The van der Waals surface area contributed by atoms with Gasteiger partial charge >= 0.3 is 12.0 Å². The normalized spacial score (nSPS) is 12.7. The number of para-hydroxylation sites is 1. The van der Waals surface area contributed by atoms with Crippen LogP contribution in [0.3, 0.4) is 0 Å². The van der Waals surface area contributed by atoms with Crippen LogP contribution in [0, 0.1) is 6.92 Å². The highest BCUT2D eigenvalue weighted by molar-refractivity contribution is 6.03. The molecule has 0 aliphatic carbocycles. The van der Waals surface area contributed by atoms with Crippen LogP contribution in [-0.2, 0) is 22.4 Å². The highest BCUT2D eigenvalue weighted by Crippen LogP contribution is 2.28. The lowest BCUT2D eigenvalue weighted by Gasteiger charge is -2.18. The number of carbonyl (C=O) groups is 4. The van der Waals surface area contributed by atoms with E-state index in [1.54, 1.807) is 60.4 Å². The van der Waals surface area contributed by atoms with Crippen molar-refractivity contribution < 1.29 is 28.8 Å². The smallest absolute Gasteiger partial charge is 0.326 e. The summed E-state index contributed by atoms with van der Waals surface area (Å²) in [5.41, 5.74) is 4.41. The zero-order valence-corrected chi connectivity index (χ0v) is 22.8. The quantitative estimate of drug-likeness (QED) is 0.229. The standard InChI is InChI=1S/C31H29N5O6/c1-19-15-26(35-42-19)30(40)34-25(18-29(38)39)22-6-4-7-24(17-22)32-28(37)16-20-9-11-23(12-10-20)33-31(41)36-14-13-21-5-2-3-8-27(21)36/h2-12,15,17,25H,13-14,16,18H2,1H3,(H,32,37)(H,33,41)(H,34,40)(H,38,39). The largest absolute Gasteiger partial charge is 0.481 e. The molecule has 5 rings (SSSR count). The first-order valence-corrected chi connectivity index (χ1v) is 13.4. The fraction of sp³-hybridized carbons (Fsp3) is 0.194. The number of carboxylic acid groups (broad SMARTS) is 1. The van der Waals surface area contributed by atoms with Crippen molar-refractivity contribution in [1.82, 2.24) is 10.5 Å². The minimum atomic E-state index is -1.10. The highest BCUT2D eigenvalue weighted by atomic mass is 16.5. The molecule has 0 radical (unpaired) electrons.